The predicted molar refractivity (Wildman–Crippen MR) is 83.4 cm³/mol. The highest BCUT2D eigenvalue weighted by molar-refractivity contribution is 5.61. The van der Waals surface area contributed by atoms with Crippen LogP contribution in [-0.4, -0.2) is 50.3 Å². The van der Waals surface area contributed by atoms with Gasteiger partial charge in [0.25, 0.3) is 0 Å². The van der Waals surface area contributed by atoms with E-state index in [4.69, 9.17) is 4.74 Å². The molecule has 1 fully saturated rings. The minimum Gasteiger partial charge on any atom is -0.373 e. The minimum atomic E-state index is -0.334. The highest BCUT2D eigenvalue weighted by Gasteiger charge is 2.32. The van der Waals surface area contributed by atoms with Gasteiger partial charge in [0.05, 0.1) is 24.2 Å². The molecule has 0 bridgehead atoms. The number of nitrogens with zero attached hydrogens (tertiary/aromatic N) is 6. The van der Waals surface area contributed by atoms with E-state index in [9.17, 15) is 10.1 Å². The van der Waals surface area contributed by atoms with Gasteiger partial charge in [-0.05, 0) is 12.5 Å². The molecule has 9 nitrogen and oxygen atoms in total. The molecule has 0 radical (unpaired) electrons. The Balaban J connectivity index is 1.83. The molecule has 0 aliphatic carbocycles. The number of anilines is 1. The van der Waals surface area contributed by atoms with E-state index in [0.717, 1.165) is 0 Å². The SMILES string of the molecule is CCc1nn(C)c(N2CCOC(Cn3cccn3)C2)c1[N+](=O)[O-]. The van der Waals surface area contributed by atoms with Crippen molar-refractivity contribution in [2.45, 2.75) is 26.0 Å². The Hall–Kier alpha value is -2.42. The monoisotopic (exact) mass is 320 g/mol. The molecule has 3 heterocycles. The van der Waals surface area contributed by atoms with Crippen molar-refractivity contribution in [3.63, 3.8) is 0 Å². The van der Waals surface area contributed by atoms with Crippen molar-refractivity contribution in [3.05, 3.63) is 34.3 Å². The molecule has 124 valence electrons. The van der Waals surface area contributed by atoms with Crippen LogP contribution in [-0.2, 0) is 24.8 Å². The molecule has 23 heavy (non-hydrogen) atoms. The standard InChI is InChI=1S/C14H20N6O3/c1-3-12-13(20(21)22)14(17(2)16-12)18-7-8-23-11(9-18)10-19-6-4-5-15-19/h4-6,11H,3,7-10H2,1-2H3. The summed E-state index contributed by atoms with van der Waals surface area (Å²) in [6.07, 6.45) is 4.07. The van der Waals surface area contributed by atoms with Gasteiger partial charge in [-0.2, -0.15) is 10.2 Å². The highest BCUT2D eigenvalue weighted by atomic mass is 16.6. The Labute approximate surface area is 133 Å². The summed E-state index contributed by atoms with van der Waals surface area (Å²) in [7, 11) is 1.75. The van der Waals surface area contributed by atoms with E-state index in [0.29, 0.717) is 44.2 Å². The summed E-state index contributed by atoms with van der Waals surface area (Å²) >= 11 is 0. The molecule has 0 spiro atoms. The first kappa shape index (κ1) is 15.5. The number of nitro groups is 1. The Kier molecular flexibility index (Phi) is 4.28. The van der Waals surface area contributed by atoms with Gasteiger partial charge in [0.1, 0.15) is 5.69 Å². The lowest BCUT2D eigenvalue weighted by molar-refractivity contribution is -0.384. The highest BCUT2D eigenvalue weighted by Crippen LogP contribution is 2.32. The first-order chi connectivity index (χ1) is 11.1. The number of rotatable bonds is 5. The van der Waals surface area contributed by atoms with Crippen molar-refractivity contribution in [1.82, 2.24) is 19.6 Å². The van der Waals surface area contributed by atoms with Crippen molar-refractivity contribution in [2.24, 2.45) is 7.05 Å². The van der Waals surface area contributed by atoms with Gasteiger partial charge < -0.3 is 9.64 Å². The van der Waals surface area contributed by atoms with Crippen LogP contribution in [0.5, 0.6) is 0 Å². The zero-order valence-corrected chi connectivity index (χ0v) is 13.3. The predicted octanol–water partition coefficient (Wildman–Crippen LogP) is 0.993. The van der Waals surface area contributed by atoms with E-state index in [-0.39, 0.29) is 16.7 Å². The van der Waals surface area contributed by atoms with Gasteiger partial charge in [-0.1, -0.05) is 6.92 Å². The third kappa shape index (κ3) is 3.04. The first-order valence-electron chi connectivity index (χ1n) is 7.64. The van der Waals surface area contributed by atoms with E-state index < -0.39 is 0 Å². The molecule has 0 N–H and O–H groups in total. The molecule has 9 heteroatoms. The first-order valence-corrected chi connectivity index (χ1v) is 7.64. The average molecular weight is 320 g/mol. The summed E-state index contributed by atoms with van der Waals surface area (Å²) in [4.78, 5) is 13.1. The maximum Gasteiger partial charge on any atom is 0.334 e. The number of morpholine rings is 1. The third-order valence-electron chi connectivity index (χ3n) is 3.97. The fourth-order valence-electron chi connectivity index (χ4n) is 2.98. The lowest BCUT2D eigenvalue weighted by Crippen LogP contribution is -2.45. The van der Waals surface area contributed by atoms with Crippen molar-refractivity contribution in [2.75, 3.05) is 24.6 Å². The van der Waals surface area contributed by atoms with E-state index in [1.54, 1.807) is 17.9 Å². The van der Waals surface area contributed by atoms with Crippen LogP contribution in [0.2, 0.25) is 0 Å². The van der Waals surface area contributed by atoms with Crippen LogP contribution in [0.1, 0.15) is 12.6 Å². The van der Waals surface area contributed by atoms with Crippen LogP contribution < -0.4 is 4.90 Å². The summed E-state index contributed by atoms with van der Waals surface area (Å²) in [6.45, 7) is 4.20. The van der Waals surface area contributed by atoms with Gasteiger partial charge >= 0.3 is 5.69 Å². The van der Waals surface area contributed by atoms with Crippen LogP contribution in [0.4, 0.5) is 11.5 Å². The molecule has 1 saturated heterocycles. The van der Waals surface area contributed by atoms with E-state index >= 15 is 0 Å². The van der Waals surface area contributed by atoms with Gasteiger partial charge in [-0.25, -0.2) is 4.68 Å². The Morgan fingerprint density at radius 3 is 3.00 bits per heavy atom. The van der Waals surface area contributed by atoms with Gasteiger partial charge in [0.2, 0.25) is 5.82 Å². The quantitative estimate of drug-likeness (QED) is 0.603. The second kappa shape index (κ2) is 6.37. The fourth-order valence-corrected chi connectivity index (χ4v) is 2.98. The van der Waals surface area contributed by atoms with Crippen LogP contribution in [0, 0.1) is 10.1 Å². The average Bonchev–Trinajstić information content (AvgIpc) is 3.14. The lowest BCUT2D eigenvalue weighted by atomic mass is 10.2. The molecule has 1 aliphatic heterocycles. The second-order valence-electron chi connectivity index (χ2n) is 5.52. The zero-order valence-electron chi connectivity index (χ0n) is 13.3. The molecule has 1 unspecified atom stereocenters. The maximum absolute atomic E-state index is 11.5. The number of aromatic nitrogens is 4. The molecule has 2 aromatic rings. The molecule has 0 saturated carbocycles. The van der Waals surface area contributed by atoms with Crippen molar-refractivity contribution < 1.29 is 9.66 Å². The Morgan fingerprint density at radius 1 is 1.52 bits per heavy atom. The summed E-state index contributed by atoms with van der Waals surface area (Å²) in [6, 6.07) is 1.86. The summed E-state index contributed by atoms with van der Waals surface area (Å²) in [5.41, 5.74) is 0.623. The molecule has 3 rings (SSSR count). The molecule has 1 aliphatic rings. The fraction of sp³-hybridized carbons (Fsp3) is 0.571. The van der Waals surface area contributed by atoms with E-state index in [1.165, 1.54) is 0 Å². The van der Waals surface area contributed by atoms with Crippen LogP contribution in [0.3, 0.4) is 0 Å². The Bertz CT molecular complexity index is 681. The molecule has 0 aromatic carbocycles. The van der Waals surface area contributed by atoms with Gasteiger partial charge in [-0.15, -0.1) is 0 Å². The number of ether oxygens (including phenoxy) is 1. The van der Waals surface area contributed by atoms with Gasteiger partial charge in [0.15, 0.2) is 0 Å². The topological polar surface area (TPSA) is 91.2 Å². The zero-order chi connectivity index (χ0) is 16.4. The molecular weight excluding hydrogens is 300 g/mol. The van der Waals surface area contributed by atoms with Crippen molar-refractivity contribution in [1.29, 1.82) is 0 Å². The van der Waals surface area contributed by atoms with Gasteiger partial charge in [0, 0.05) is 32.5 Å². The maximum atomic E-state index is 11.5. The lowest BCUT2D eigenvalue weighted by Gasteiger charge is -2.33. The van der Waals surface area contributed by atoms with Crippen molar-refractivity contribution >= 4 is 11.5 Å². The number of hydrogen-bond donors (Lipinski definition) is 0. The molecule has 2 aromatic heterocycles. The van der Waals surface area contributed by atoms with Crippen LogP contribution >= 0.6 is 0 Å². The van der Waals surface area contributed by atoms with E-state index in [2.05, 4.69) is 10.2 Å². The van der Waals surface area contributed by atoms with E-state index in [1.807, 2.05) is 28.8 Å². The Morgan fingerprint density at radius 2 is 2.35 bits per heavy atom. The third-order valence-corrected chi connectivity index (χ3v) is 3.97. The van der Waals surface area contributed by atoms with Crippen LogP contribution in [0.25, 0.3) is 0 Å². The molecule has 1 atom stereocenters. The summed E-state index contributed by atoms with van der Waals surface area (Å²) in [5.74, 6) is 0.556. The van der Waals surface area contributed by atoms with Gasteiger partial charge in [-0.3, -0.25) is 14.8 Å². The number of aryl methyl sites for hydroxylation is 2. The summed E-state index contributed by atoms with van der Waals surface area (Å²) in [5, 5.41) is 20.0. The smallest absolute Gasteiger partial charge is 0.334 e. The minimum absolute atomic E-state index is 0.0665. The summed E-state index contributed by atoms with van der Waals surface area (Å²) < 4.78 is 9.19. The largest absolute Gasteiger partial charge is 0.373 e. The molecular formula is C14H20N6O3. The van der Waals surface area contributed by atoms with Crippen molar-refractivity contribution in [3.8, 4) is 0 Å². The molecule has 0 amide bonds. The number of hydrogen-bond acceptors (Lipinski definition) is 6. The second-order valence-corrected chi connectivity index (χ2v) is 5.52. The normalized spacial score (nSPS) is 18.3. The van der Waals surface area contributed by atoms with Crippen LogP contribution in [0.15, 0.2) is 18.5 Å².